The molecule has 2 heterocycles. The maximum absolute atomic E-state index is 12.4. The lowest BCUT2D eigenvalue weighted by atomic mass is 10.4. The van der Waals surface area contributed by atoms with Gasteiger partial charge in [-0.25, -0.2) is 9.98 Å². The van der Waals surface area contributed by atoms with Gasteiger partial charge in [0.2, 0.25) is 5.76 Å². The SMILES string of the molecule is CSC1=NCN(Cc2ccc(C(F)(F)F)o2)C(C)=N1. The lowest BCUT2D eigenvalue weighted by molar-refractivity contribution is -0.153. The van der Waals surface area contributed by atoms with Crippen LogP contribution in [0.5, 0.6) is 0 Å². The fourth-order valence-electron chi connectivity index (χ4n) is 1.57. The monoisotopic (exact) mass is 291 g/mol. The van der Waals surface area contributed by atoms with E-state index in [-0.39, 0.29) is 12.3 Å². The molecule has 0 saturated heterocycles. The van der Waals surface area contributed by atoms with E-state index in [0.29, 0.717) is 17.7 Å². The molecule has 0 fully saturated rings. The van der Waals surface area contributed by atoms with Gasteiger partial charge < -0.3 is 9.32 Å². The number of nitrogens with zero attached hydrogens (tertiary/aromatic N) is 3. The first-order valence-corrected chi connectivity index (χ1v) is 6.67. The number of thioether (sulfide) groups is 1. The molecule has 0 spiro atoms. The average Bonchev–Trinajstić information content (AvgIpc) is 2.80. The van der Waals surface area contributed by atoms with Crippen molar-refractivity contribution in [3.8, 4) is 0 Å². The van der Waals surface area contributed by atoms with Crippen molar-refractivity contribution in [3.63, 3.8) is 0 Å². The van der Waals surface area contributed by atoms with Crippen molar-refractivity contribution in [1.29, 1.82) is 0 Å². The van der Waals surface area contributed by atoms with E-state index in [2.05, 4.69) is 9.98 Å². The van der Waals surface area contributed by atoms with Crippen molar-refractivity contribution in [1.82, 2.24) is 4.90 Å². The predicted molar refractivity (Wildman–Crippen MR) is 68.2 cm³/mol. The molecule has 1 aliphatic rings. The van der Waals surface area contributed by atoms with Crippen LogP contribution in [0.3, 0.4) is 0 Å². The van der Waals surface area contributed by atoms with Crippen LogP contribution in [0.15, 0.2) is 26.5 Å². The number of halogens is 3. The summed E-state index contributed by atoms with van der Waals surface area (Å²) in [7, 11) is 0. The summed E-state index contributed by atoms with van der Waals surface area (Å²) in [6.07, 6.45) is -2.58. The Kier molecular flexibility index (Phi) is 3.88. The van der Waals surface area contributed by atoms with Crippen molar-refractivity contribution >= 4 is 22.8 Å². The summed E-state index contributed by atoms with van der Waals surface area (Å²) in [4.78, 5) is 10.2. The largest absolute Gasteiger partial charge is 0.455 e. The lowest BCUT2D eigenvalue weighted by Crippen LogP contribution is -2.32. The van der Waals surface area contributed by atoms with E-state index in [0.717, 1.165) is 6.07 Å². The number of amidine groups is 2. The zero-order valence-electron chi connectivity index (χ0n) is 10.4. The summed E-state index contributed by atoms with van der Waals surface area (Å²) in [6.45, 7) is 2.38. The summed E-state index contributed by atoms with van der Waals surface area (Å²) < 4.78 is 42.0. The van der Waals surface area contributed by atoms with E-state index >= 15 is 0 Å². The third kappa shape index (κ3) is 3.31. The molecule has 2 rings (SSSR count). The van der Waals surface area contributed by atoms with Gasteiger partial charge in [0.25, 0.3) is 0 Å². The van der Waals surface area contributed by atoms with E-state index in [1.807, 2.05) is 6.26 Å². The van der Waals surface area contributed by atoms with Crippen LogP contribution in [-0.4, -0.2) is 28.8 Å². The van der Waals surface area contributed by atoms with Crippen molar-refractivity contribution in [2.24, 2.45) is 9.98 Å². The molecule has 0 amide bonds. The van der Waals surface area contributed by atoms with Gasteiger partial charge >= 0.3 is 6.18 Å². The molecule has 8 heteroatoms. The Morgan fingerprint density at radius 1 is 1.42 bits per heavy atom. The molecule has 1 aromatic heterocycles. The van der Waals surface area contributed by atoms with Crippen LogP contribution in [-0.2, 0) is 12.7 Å². The molecule has 1 aliphatic heterocycles. The van der Waals surface area contributed by atoms with Gasteiger partial charge in [-0.15, -0.1) is 0 Å². The maximum atomic E-state index is 12.4. The van der Waals surface area contributed by atoms with Crippen molar-refractivity contribution < 1.29 is 17.6 Å². The Balaban J connectivity index is 2.05. The molecule has 0 radical (unpaired) electrons. The van der Waals surface area contributed by atoms with Gasteiger partial charge in [-0.1, -0.05) is 11.8 Å². The lowest BCUT2D eigenvalue weighted by Gasteiger charge is -2.24. The van der Waals surface area contributed by atoms with Gasteiger partial charge in [0.05, 0.1) is 6.54 Å². The van der Waals surface area contributed by atoms with Crippen molar-refractivity contribution in [2.75, 3.05) is 12.9 Å². The number of rotatable bonds is 2. The number of hydrogen-bond acceptors (Lipinski definition) is 5. The Labute approximate surface area is 112 Å². The van der Waals surface area contributed by atoms with E-state index in [1.54, 1.807) is 11.8 Å². The summed E-state index contributed by atoms with van der Waals surface area (Å²) in [5, 5.41) is 0.671. The highest BCUT2D eigenvalue weighted by Crippen LogP contribution is 2.31. The summed E-state index contributed by atoms with van der Waals surface area (Å²) in [6, 6.07) is 2.26. The first-order chi connectivity index (χ1) is 8.90. The third-order valence-corrected chi connectivity index (χ3v) is 3.15. The molecule has 0 aromatic carbocycles. The minimum atomic E-state index is -4.45. The molecule has 0 N–H and O–H groups in total. The molecule has 0 bridgehead atoms. The normalized spacial score (nSPS) is 16.4. The van der Waals surface area contributed by atoms with Crippen LogP contribution in [0, 0.1) is 0 Å². The van der Waals surface area contributed by atoms with E-state index in [1.165, 1.54) is 17.8 Å². The van der Waals surface area contributed by atoms with Crippen LogP contribution in [0.4, 0.5) is 13.2 Å². The first-order valence-electron chi connectivity index (χ1n) is 5.44. The van der Waals surface area contributed by atoms with Crippen molar-refractivity contribution in [3.05, 3.63) is 23.7 Å². The van der Waals surface area contributed by atoms with Gasteiger partial charge in [0, 0.05) is 0 Å². The molecule has 0 aliphatic carbocycles. The summed E-state index contributed by atoms with van der Waals surface area (Å²) >= 11 is 1.43. The van der Waals surface area contributed by atoms with Gasteiger partial charge in [-0.05, 0) is 25.3 Å². The summed E-state index contributed by atoms with van der Waals surface area (Å²) in [5.41, 5.74) is 0. The average molecular weight is 291 g/mol. The molecule has 19 heavy (non-hydrogen) atoms. The van der Waals surface area contributed by atoms with E-state index < -0.39 is 11.9 Å². The topological polar surface area (TPSA) is 41.1 Å². The van der Waals surface area contributed by atoms with E-state index in [9.17, 15) is 13.2 Å². The Morgan fingerprint density at radius 3 is 2.68 bits per heavy atom. The van der Waals surface area contributed by atoms with Crippen LogP contribution in [0.25, 0.3) is 0 Å². The van der Waals surface area contributed by atoms with Gasteiger partial charge in [0.1, 0.15) is 18.3 Å². The second kappa shape index (κ2) is 5.28. The number of furan rings is 1. The zero-order valence-corrected chi connectivity index (χ0v) is 11.2. The maximum Gasteiger partial charge on any atom is 0.449 e. The minimum absolute atomic E-state index is 0.219. The Bertz CT molecular complexity index is 522. The third-order valence-electron chi connectivity index (χ3n) is 2.56. The minimum Gasteiger partial charge on any atom is -0.455 e. The molecule has 104 valence electrons. The number of aliphatic imine (C=N–C) groups is 2. The predicted octanol–water partition coefficient (Wildman–Crippen LogP) is 3.21. The fourth-order valence-corrected chi connectivity index (χ4v) is 1.98. The quantitative estimate of drug-likeness (QED) is 0.840. The molecule has 1 aromatic rings. The van der Waals surface area contributed by atoms with Crippen molar-refractivity contribution in [2.45, 2.75) is 19.6 Å². The molecular formula is C11H12F3N3OS. The fraction of sp³-hybridized carbons (Fsp3) is 0.455. The number of alkyl halides is 3. The molecule has 0 saturated carbocycles. The van der Waals surface area contributed by atoms with Gasteiger partial charge in [-0.2, -0.15) is 13.2 Å². The second-order valence-corrected chi connectivity index (χ2v) is 4.68. The van der Waals surface area contributed by atoms with Crippen LogP contribution in [0.1, 0.15) is 18.4 Å². The van der Waals surface area contributed by atoms with Crippen LogP contribution >= 0.6 is 11.8 Å². The summed E-state index contributed by atoms with van der Waals surface area (Å²) in [5.74, 6) is -0.0311. The van der Waals surface area contributed by atoms with Gasteiger partial charge in [0.15, 0.2) is 5.17 Å². The Morgan fingerprint density at radius 2 is 2.16 bits per heavy atom. The van der Waals surface area contributed by atoms with Crippen LogP contribution < -0.4 is 0 Å². The highest BCUT2D eigenvalue weighted by Gasteiger charge is 2.34. The van der Waals surface area contributed by atoms with Crippen LogP contribution in [0.2, 0.25) is 0 Å². The molecule has 0 atom stereocenters. The highest BCUT2D eigenvalue weighted by molar-refractivity contribution is 8.13. The van der Waals surface area contributed by atoms with Gasteiger partial charge in [-0.3, -0.25) is 0 Å². The molecule has 0 unspecified atom stereocenters. The molecular weight excluding hydrogens is 279 g/mol. The standard InChI is InChI=1S/C11H12F3N3OS/c1-7-16-10(19-2)15-6-17(7)5-8-3-4-9(18-8)11(12,13)14/h3-4H,5-6H2,1-2H3. The number of hydrogen-bond donors (Lipinski definition) is 0. The second-order valence-electron chi connectivity index (χ2n) is 3.91. The highest BCUT2D eigenvalue weighted by atomic mass is 32.2. The first kappa shape index (κ1) is 14.0. The zero-order chi connectivity index (χ0) is 14.0. The van der Waals surface area contributed by atoms with E-state index in [4.69, 9.17) is 4.42 Å². The molecule has 4 nitrogen and oxygen atoms in total. The smallest absolute Gasteiger partial charge is 0.449 e. The Hall–Kier alpha value is -1.44.